The number of para-hydroxylation sites is 5. The van der Waals surface area contributed by atoms with Crippen LogP contribution in [0.4, 0.5) is 0 Å². The zero-order valence-corrected chi connectivity index (χ0v) is 90.4. The van der Waals surface area contributed by atoms with E-state index in [-0.39, 0.29) is 106 Å². The predicted molar refractivity (Wildman–Crippen MR) is 563 cm³/mol. The van der Waals surface area contributed by atoms with E-state index in [1.807, 2.05) is 30.3 Å². The van der Waals surface area contributed by atoms with Gasteiger partial charge < -0.3 is 22.0 Å². The van der Waals surface area contributed by atoms with Gasteiger partial charge in [-0.05, 0) is 152 Å². The van der Waals surface area contributed by atoms with E-state index in [4.69, 9.17) is 24.9 Å². The monoisotopic (exact) mass is 2740 g/mol. The maximum absolute atomic E-state index is 5.23. The molecule has 33 rings (SSSR count). The largest absolute Gasteiger partial charge is 0.337 e. The van der Waals surface area contributed by atoms with Crippen molar-refractivity contribution in [3.63, 3.8) is 0 Å². The third-order valence-electron chi connectivity index (χ3n) is 32.7. The third kappa shape index (κ3) is 13.3. The molecule has 15 heteroatoms. The molecule has 0 amide bonds. The summed E-state index contributed by atoms with van der Waals surface area (Å²) in [5.41, 5.74) is 32.5. The van der Waals surface area contributed by atoms with Crippen LogP contribution in [0, 0.1) is 37.3 Å². The minimum absolute atomic E-state index is 0. The van der Waals surface area contributed by atoms with Gasteiger partial charge in [0.25, 0.3) is 0 Å². The molecule has 10 nitrogen and oxygen atoms in total. The number of imidazole rings is 5. The molecule has 0 saturated heterocycles. The first kappa shape index (κ1) is 93.2. The van der Waals surface area contributed by atoms with E-state index in [0.29, 0.717) is 23.7 Å². The molecule has 7 aliphatic rings. The van der Waals surface area contributed by atoms with Gasteiger partial charge in [-0.2, -0.15) is 0 Å². The number of aryl methyl sites for hydroxylation is 3. The Morgan fingerprint density at radius 2 is 0.597 bits per heavy atom. The molecule has 0 N–H and O–H groups in total. The quantitative estimate of drug-likeness (QED) is 0.122. The molecule has 707 valence electrons. The Bertz CT molecular complexity index is 9440. The average molecular weight is 2740 g/mol. The summed E-state index contributed by atoms with van der Waals surface area (Å²) < 4.78 is 12.1. The van der Waals surface area contributed by atoms with Crippen molar-refractivity contribution in [1.29, 1.82) is 0 Å². The van der Waals surface area contributed by atoms with Crippen LogP contribution in [0.15, 0.2) is 389 Å². The van der Waals surface area contributed by atoms with Gasteiger partial charge in [0.2, 0.25) is 0 Å². The number of pyridine rings is 5. The van der Waals surface area contributed by atoms with Crippen LogP contribution in [0.1, 0.15) is 164 Å². The molecule has 0 bridgehead atoms. The summed E-state index contributed by atoms with van der Waals surface area (Å²) in [5.74, 6) is 2.64. The Morgan fingerprint density at radius 1 is 0.264 bits per heavy atom. The molecule has 4 atom stereocenters. The standard InChI is InChI=1S/C41H27N2.C29H19N2.C21H17N2.C20H15N2.C18H13N2.5Ir/c1-5-16-29(17-6-1)40(30-18-7-2-8-19-30)36-27-15-26-34-33-24-13-14-25-35(33)39-42-28-37(43(39)38(34)36)41(40,31-20-9-3-10-21-31)32-22-11-4-12-23-32;1-3-11-21(12-4-1)29(22-13-5-2-6-14-22)18-20-10-9-17-24-23-15-7-8-16-25(23)28-30-19-26(29)31(28)27(20)24;1-3-8-15-13(6-1)16-10-5-11-17-14-7-2-4-9-18(14)21-22-12-19(15)23(21)20(16)17;1-2-6-17-13(5-1)16-10-4-9-15-12-7-3-8-14(12)18-11-21-20(17)22(18)19(15)16;1-11-16-10-9-12-5-4-8-14-13-6-2-3-7-15(13)18(19-11)20(16)17(12)14;;;;;/h1-24,26-28H;1-15,17,19H,18H2;2,4-5,7,10-13,15H,1,3,6,8H2;1-2,4-5,9-12,14H,3,7-8H2;2-6,8H,9-10H2,1H3;;;;;/q5*-1;;;;;. The Labute approximate surface area is 900 Å². The first-order valence-corrected chi connectivity index (χ1v) is 49.4. The molecule has 15 heterocycles. The zero-order chi connectivity index (χ0) is 91.3. The van der Waals surface area contributed by atoms with Gasteiger partial charge in [-0.1, -0.05) is 319 Å². The second-order valence-corrected chi connectivity index (χ2v) is 39.1. The van der Waals surface area contributed by atoms with E-state index < -0.39 is 10.8 Å². The van der Waals surface area contributed by atoms with Crippen LogP contribution in [0.5, 0.6) is 0 Å². The van der Waals surface area contributed by atoms with E-state index in [1.54, 1.807) is 0 Å². The van der Waals surface area contributed by atoms with Gasteiger partial charge in [0, 0.05) is 199 Å². The summed E-state index contributed by atoms with van der Waals surface area (Å²) in [6, 6.07) is 149. The number of hydrogen-bond acceptors (Lipinski definition) is 5. The fourth-order valence-corrected chi connectivity index (χ4v) is 27.3. The van der Waals surface area contributed by atoms with Crippen LogP contribution in [-0.4, -0.2) is 46.9 Å². The summed E-state index contributed by atoms with van der Waals surface area (Å²) in [4.78, 5) is 24.7. The number of aromatic nitrogens is 10. The third-order valence-corrected chi connectivity index (χ3v) is 32.7. The van der Waals surface area contributed by atoms with E-state index >= 15 is 0 Å². The summed E-state index contributed by atoms with van der Waals surface area (Å²) in [6.07, 6.45) is 20.8. The van der Waals surface area contributed by atoms with Crippen LogP contribution in [0.3, 0.4) is 0 Å². The van der Waals surface area contributed by atoms with Gasteiger partial charge >= 0.3 is 0 Å². The summed E-state index contributed by atoms with van der Waals surface area (Å²) in [7, 11) is 0. The maximum atomic E-state index is 5.23. The second kappa shape index (κ2) is 36.8. The molecule has 26 aromatic rings. The molecule has 10 aromatic heterocycles. The second-order valence-electron chi connectivity index (χ2n) is 39.1. The number of fused-ring (bicyclic) bond motifs is 21. The van der Waals surface area contributed by atoms with E-state index in [0.717, 1.165) is 85.8 Å². The number of benzene rings is 16. The number of nitrogens with zero attached hydrogens (tertiary/aromatic N) is 10. The first-order valence-electron chi connectivity index (χ1n) is 49.4. The molecule has 2 aliphatic carbocycles. The average Bonchev–Trinajstić information content (AvgIpc) is 1.26. The molecule has 5 radical (unpaired) electrons. The van der Waals surface area contributed by atoms with Gasteiger partial charge in [-0.25, -0.2) is 0 Å². The molecule has 144 heavy (non-hydrogen) atoms. The first-order chi connectivity index (χ1) is 68.9. The molecular formula is C129H91Ir5N10-5. The van der Waals surface area contributed by atoms with E-state index in [2.05, 4.69) is 418 Å². The van der Waals surface area contributed by atoms with Crippen molar-refractivity contribution in [2.45, 2.75) is 111 Å². The van der Waals surface area contributed by atoms with E-state index in [9.17, 15) is 0 Å². The van der Waals surface area contributed by atoms with Gasteiger partial charge in [0.15, 0.2) is 0 Å². The molecule has 4 unspecified atom stereocenters. The Balaban J connectivity index is 0.0000000988. The van der Waals surface area contributed by atoms with Gasteiger partial charge in [-0.3, -0.25) is 24.9 Å². The fourth-order valence-electron chi connectivity index (χ4n) is 27.3. The van der Waals surface area contributed by atoms with E-state index in [1.165, 1.54) is 210 Å². The van der Waals surface area contributed by atoms with Crippen molar-refractivity contribution in [3.05, 3.63) is 514 Å². The molecule has 5 aliphatic heterocycles. The number of rotatable bonds is 6. The van der Waals surface area contributed by atoms with Gasteiger partial charge in [-0.15, -0.1) is 148 Å². The van der Waals surface area contributed by atoms with Gasteiger partial charge in [0.1, 0.15) is 0 Å². The zero-order valence-electron chi connectivity index (χ0n) is 78.5. The maximum Gasteiger partial charge on any atom is 0.0794 e. The predicted octanol–water partition coefficient (Wildman–Crippen LogP) is 29.3. The fraction of sp³-hybridized carbons (Fsp3) is 0.140. The van der Waals surface area contributed by atoms with Crippen LogP contribution < -0.4 is 0 Å². The molecule has 2 fully saturated rings. The SMILES string of the molecule is Cc1nc2c3[c-]cccc3c3cccc4c3n2c1CC4.[Ir].[Ir].[Ir].[Ir].[Ir].[c-]1cccc2c1c1ncc3n1c1c(cccc21)C(c1ccccc1)(c1ccccc1)C3(c1ccccc1)c1ccccc1.[c-]1cccc2c1c1ncc3n1c1c(cccc21)C1CCCC31.[c-]1cccc2c1c1ncc3n1c1c(cccc21)C1CCCCC31.[c-]1cccc2c1c1ncc3n1c1c(cccc21)CC3(c1ccccc1)c1ccccc1. The summed E-state index contributed by atoms with van der Waals surface area (Å²) >= 11 is 0. The van der Waals surface area contributed by atoms with Gasteiger partial charge in [0.05, 0.1) is 44.5 Å². The molecule has 2 saturated carbocycles. The topological polar surface area (TPSA) is 86.5 Å². The van der Waals surface area contributed by atoms with Crippen molar-refractivity contribution in [1.82, 2.24) is 46.9 Å². The minimum atomic E-state index is -0.679. The Hall–Kier alpha value is -13.2. The van der Waals surface area contributed by atoms with Crippen molar-refractivity contribution in [2.75, 3.05) is 0 Å². The molecular weight excluding hydrogens is 2650 g/mol. The summed E-state index contributed by atoms with van der Waals surface area (Å²) in [6.45, 7) is 2.12. The van der Waals surface area contributed by atoms with Crippen molar-refractivity contribution >= 4 is 137 Å². The van der Waals surface area contributed by atoms with Crippen LogP contribution in [-0.2, 0) is 136 Å². The smallest absolute Gasteiger partial charge is 0.0794 e. The van der Waals surface area contributed by atoms with Crippen molar-refractivity contribution < 1.29 is 101 Å². The normalized spacial score (nSPS) is 16.7. The number of hydrogen-bond donors (Lipinski definition) is 0. The Morgan fingerprint density at radius 3 is 1.05 bits per heavy atom. The van der Waals surface area contributed by atoms with Crippen LogP contribution >= 0.6 is 0 Å². The van der Waals surface area contributed by atoms with Crippen molar-refractivity contribution in [2.24, 2.45) is 0 Å². The molecule has 16 aromatic carbocycles. The molecule has 0 spiro atoms. The Kier molecular flexibility index (Phi) is 23.8. The minimum Gasteiger partial charge on any atom is -0.337 e. The van der Waals surface area contributed by atoms with Crippen LogP contribution in [0.2, 0.25) is 0 Å². The summed E-state index contributed by atoms with van der Waals surface area (Å²) in [5, 5.41) is 18.3. The van der Waals surface area contributed by atoms with Crippen LogP contribution in [0.25, 0.3) is 137 Å². The van der Waals surface area contributed by atoms with Crippen molar-refractivity contribution in [3.8, 4) is 0 Å².